The number of carbonyl (C=O) groups is 3. The molecule has 0 aromatic heterocycles. The van der Waals surface area contributed by atoms with Crippen molar-refractivity contribution in [3.63, 3.8) is 0 Å². The van der Waals surface area contributed by atoms with E-state index in [0.717, 1.165) is 12.8 Å². The number of carbonyl (C=O) groups excluding carboxylic acids is 2. The number of allylic oxidation sites excluding steroid dienone is 2. The molecule has 2 rings (SSSR count). The lowest BCUT2D eigenvalue weighted by Gasteiger charge is -2.25. The molecule has 0 aliphatic heterocycles. The molecule has 2 amide bonds. The molecule has 2 aliphatic rings. The molecule has 110 valence electrons. The third kappa shape index (κ3) is 3.59. The molecule has 20 heavy (non-hydrogen) atoms. The van der Waals surface area contributed by atoms with Crippen molar-refractivity contribution in [3.05, 3.63) is 12.2 Å². The molecule has 0 radical (unpaired) electrons. The van der Waals surface area contributed by atoms with Crippen molar-refractivity contribution >= 4 is 17.8 Å². The van der Waals surface area contributed by atoms with Crippen molar-refractivity contribution in [2.24, 2.45) is 11.8 Å². The highest BCUT2D eigenvalue weighted by Crippen LogP contribution is 2.26. The van der Waals surface area contributed by atoms with E-state index in [1.807, 2.05) is 6.08 Å². The molecule has 2 aliphatic carbocycles. The van der Waals surface area contributed by atoms with E-state index >= 15 is 0 Å². The maximum Gasteiger partial charge on any atom is 0.307 e. The average Bonchev–Trinajstić information content (AvgIpc) is 3.22. The molecule has 0 aromatic carbocycles. The third-order valence-corrected chi connectivity index (χ3v) is 3.76. The van der Waals surface area contributed by atoms with Crippen LogP contribution in [-0.4, -0.2) is 35.0 Å². The summed E-state index contributed by atoms with van der Waals surface area (Å²) in [6.45, 7) is 1.62. The number of amides is 2. The summed E-state index contributed by atoms with van der Waals surface area (Å²) in [5.74, 6) is -2.85. The normalized spacial score (nSPS) is 26.6. The minimum atomic E-state index is -0.968. The predicted molar refractivity (Wildman–Crippen MR) is 71.8 cm³/mol. The minimum absolute atomic E-state index is 0.209. The first-order valence-corrected chi connectivity index (χ1v) is 6.97. The van der Waals surface area contributed by atoms with Crippen LogP contribution in [-0.2, 0) is 14.4 Å². The Hall–Kier alpha value is -1.85. The third-order valence-electron chi connectivity index (χ3n) is 3.76. The summed E-state index contributed by atoms with van der Waals surface area (Å²) in [5, 5.41) is 14.6. The van der Waals surface area contributed by atoms with Crippen LogP contribution in [0.15, 0.2) is 12.2 Å². The van der Waals surface area contributed by atoms with Crippen molar-refractivity contribution in [3.8, 4) is 0 Å². The Morgan fingerprint density at radius 2 is 1.75 bits per heavy atom. The summed E-state index contributed by atoms with van der Waals surface area (Å²) in [4.78, 5) is 35.1. The summed E-state index contributed by atoms with van der Waals surface area (Å²) in [7, 11) is 0. The zero-order valence-electron chi connectivity index (χ0n) is 11.5. The highest BCUT2D eigenvalue weighted by atomic mass is 16.4. The molecule has 1 fully saturated rings. The van der Waals surface area contributed by atoms with Crippen LogP contribution in [0.2, 0.25) is 0 Å². The molecular weight excluding hydrogens is 260 g/mol. The van der Waals surface area contributed by atoms with Gasteiger partial charge in [-0.05, 0) is 32.6 Å². The van der Waals surface area contributed by atoms with Crippen molar-refractivity contribution in [1.82, 2.24) is 10.6 Å². The molecule has 1 unspecified atom stereocenters. The van der Waals surface area contributed by atoms with Crippen molar-refractivity contribution in [2.75, 3.05) is 0 Å². The van der Waals surface area contributed by atoms with Gasteiger partial charge in [0.05, 0.1) is 11.8 Å². The van der Waals surface area contributed by atoms with Gasteiger partial charge >= 0.3 is 5.97 Å². The fourth-order valence-corrected chi connectivity index (χ4v) is 2.32. The number of carboxylic acids is 1. The van der Waals surface area contributed by atoms with Crippen molar-refractivity contribution in [2.45, 2.75) is 44.7 Å². The van der Waals surface area contributed by atoms with Crippen LogP contribution in [0.5, 0.6) is 0 Å². The maximum atomic E-state index is 12.1. The second-order valence-electron chi connectivity index (χ2n) is 5.51. The molecule has 0 spiro atoms. The number of rotatable bonds is 5. The Morgan fingerprint density at radius 1 is 1.15 bits per heavy atom. The lowest BCUT2D eigenvalue weighted by molar-refractivity contribution is -0.147. The summed E-state index contributed by atoms with van der Waals surface area (Å²) in [6, 6.07) is -0.394. The van der Waals surface area contributed by atoms with Gasteiger partial charge in [0, 0.05) is 6.04 Å². The largest absolute Gasteiger partial charge is 0.481 e. The molecule has 3 N–H and O–H groups in total. The highest BCUT2D eigenvalue weighted by molar-refractivity contribution is 5.90. The van der Waals surface area contributed by atoms with Crippen molar-refractivity contribution < 1.29 is 19.5 Å². The van der Waals surface area contributed by atoms with E-state index < -0.39 is 23.8 Å². The van der Waals surface area contributed by atoms with Gasteiger partial charge in [-0.15, -0.1) is 0 Å². The Kier molecular flexibility index (Phi) is 4.42. The van der Waals surface area contributed by atoms with E-state index in [2.05, 4.69) is 10.6 Å². The van der Waals surface area contributed by atoms with E-state index in [4.69, 9.17) is 5.11 Å². The van der Waals surface area contributed by atoms with Gasteiger partial charge < -0.3 is 15.7 Å². The molecule has 6 heteroatoms. The lowest BCUT2D eigenvalue weighted by Crippen LogP contribution is -2.49. The first-order chi connectivity index (χ1) is 9.49. The SMILES string of the molecule is CC(NC(=O)[C@@H]1CC=CC[C@@H]1C(=O)O)C(=O)NC1CC1. The first-order valence-electron chi connectivity index (χ1n) is 6.97. The van der Waals surface area contributed by atoms with Crippen LogP contribution in [0.1, 0.15) is 32.6 Å². The smallest absolute Gasteiger partial charge is 0.307 e. The lowest BCUT2D eigenvalue weighted by atomic mass is 9.82. The average molecular weight is 280 g/mol. The fourth-order valence-electron chi connectivity index (χ4n) is 2.32. The van der Waals surface area contributed by atoms with E-state index in [-0.39, 0.29) is 17.9 Å². The summed E-state index contributed by atoms with van der Waals surface area (Å²) in [6.07, 6.45) is 6.34. The first kappa shape index (κ1) is 14.6. The minimum Gasteiger partial charge on any atom is -0.481 e. The van der Waals surface area contributed by atoms with Gasteiger partial charge in [0.1, 0.15) is 6.04 Å². The van der Waals surface area contributed by atoms with Gasteiger partial charge in [-0.3, -0.25) is 14.4 Å². The molecule has 3 atom stereocenters. The van der Waals surface area contributed by atoms with Crippen LogP contribution < -0.4 is 10.6 Å². The fraction of sp³-hybridized carbons (Fsp3) is 0.643. The molecule has 0 saturated heterocycles. The van der Waals surface area contributed by atoms with Gasteiger partial charge in [-0.2, -0.15) is 0 Å². The number of aliphatic carboxylic acids is 1. The zero-order chi connectivity index (χ0) is 14.7. The number of nitrogens with one attached hydrogen (secondary N) is 2. The standard InChI is InChI=1S/C14H20N2O4/c1-8(12(17)16-9-6-7-9)15-13(18)10-4-2-3-5-11(10)14(19)20/h2-3,8-11H,4-7H2,1H3,(H,15,18)(H,16,17)(H,19,20)/t8?,10-,11+/m1/s1. The van der Waals surface area contributed by atoms with Crippen LogP contribution in [0.3, 0.4) is 0 Å². The Balaban J connectivity index is 1.90. The topological polar surface area (TPSA) is 95.5 Å². The monoisotopic (exact) mass is 280 g/mol. The Bertz CT molecular complexity index is 442. The van der Waals surface area contributed by atoms with Gasteiger partial charge in [0.2, 0.25) is 11.8 Å². The molecule has 0 aromatic rings. The summed E-state index contributed by atoms with van der Waals surface area (Å²) < 4.78 is 0. The van der Waals surface area contributed by atoms with E-state index in [1.165, 1.54) is 0 Å². The predicted octanol–water partition coefficient (Wildman–Crippen LogP) is 0.437. The van der Waals surface area contributed by atoms with Crippen LogP contribution >= 0.6 is 0 Å². The van der Waals surface area contributed by atoms with Crippen molar-refractivity contribution in [1.29, 1.82) is 0 Å². The number of hydrogen-bond acceptors (Lipinski definition) is 3. The quantitative estimate of drug-likeness (QED) is 0.637. The van der Waals surface area contributed by atoms with E-state index in [1.54, 1.807) is 13.0 Å². The summed E-state index contributed by atoms with van der Waals surface area (Å²) in [5.41, 5.74) is 0. The molecular formula is C14H20N2O4. The van der Waals surface area contributed by atoms with E-state index in [9.17, 15) is 14.4 Å². The van der Waals surface area contributed by atoms with Gasteiger partial charge in [0.25, 0.3) is 0 Å². The maximum absolute atomic E-state index is 12.1. The van der Waals surface area contributed by atoms with Gasteiger partial charge in [-0.1, -0.05) is 12.2 Å². The second-order valence-corrected chi connectivity index (χ2v) is 5.51. The molecule has 0 heterocycles. The summed E-state index contributed by atoms with van der Waals surface area (Å²) >= 11 is 0. The highest BCUT2D eigenvalue weighted by Gasteiger charge is 2.35. The van der Waals surface area contributed by atoms with Crippen LogP contribution in [0.4, 0.5) is 0 Å². The van der Waals surface area contributed by atoms with Crippen LogP contribution in [0.25, 0.3) is 0 Å². The van der Waals surface area contributed by atoms with Gasteiger partial charge in [-0.25, -0.2) is 0 Å². The zero-order valence-corrected chi connectivity index (χ0v) is 11.5. The van der Waals surface area contributed by atoms with E-state index in [0.29, 0.717) is 12.8 Å². The number of carboxylic acid groups (broad SMARTS) is 1. The molecule has 6 nitrogen and oxygen atoms in total. The second kappa shape index (κ2) is 6.07. The molecule has 0 bridgehead atoms. The van der Waals surface area contributed by atoms with Gasteiger partial charge in [0.15, 0.2) is 0 Å². The Morgan fingerprint density at radius 3 is 2.30 bits per heavy atom. The number of hydrogen-bond donors (Lipinski definition) is 3. The van der Waals surface area contributed by atoms with Crippen LogP contribution in [0, 0.1) is 11.8 Å². The Labute approximate surface area is 117 Å². The molecule has 1 saturated carbocycles.